The highest BCUT2D eigenvalue weighted by molar-refractivity contribution is 6.19. The zero-order valence-electron chi connectivity index (χ0n) is 25.1. The van der Waals surface area contributed by atoms with Gasteiger partial charge in [0.15, 0.2) is 11.6 Å². The molecule has 242 valence electrons. The van der Waals surface area contributed by atoms with E-state index in [0.717, 1.165) is 30.4 Å². The number of nitrogens with two attached hydrogens (primary N) is 1. The van der Waals surface area contributed by atoms with Crippen LogP contribution in [0.2, 0.25) is 0 Å². The third-order valence-corrected chi connectivity index (χ3v) is 9.97. The summed E-state index contributed by atoms with van der Waals surface area (Å²) < 4.78 is 11.7. The van der Waals surface area contributed by atoms with Crippen molar-refractivity contribution in [2.24, 2.45) is 23.5 Å². The fourth-order valence-corrected chi connectivity index (χ4v) is 7.48. The molecule has 0 bridgehead atoms. The van der Waals surface area contributed by atoms with E-state index in [9.17, 15) is 35.1 Å². The van der Waals surface area contributed by atoms with Crippen LogP contribution in [-0.4, -0.2) is 80.5 Å². The van der Waals surface area contributed by atoms with Gasteiger partial charge >= 0.3 is 0 Å². The molecule has 8 N–H and O–H groups in total. The second-order valence-corrected chi connectivity index (χ2v) is 12.9. The van der Waals surface area contributed by atoms with Crippen LogP contribution in [0.4, 0.5) is 0 Å². The molecule has 45 heavy (non-hydrogen) atoms. The number of carbonyl (C=O) groups is 2. The van der Waals surface area contributed by atoms with Crippen LogP contribution in [0.1, 0.15) is 72.1 Å². The summed E-state index contributed by atoms with van der Waals surface area (Å²) in [5.74, 6) is -2.09. The molecule has 2 fully saturated rings. The first-order chi connectivity index (χ1) is 21.6. The van der Waals surface area contributed by atoms with Crippen molar-refractivity contribution >= 4 is 11.6 Å². The monoisotopic (exact) mass is 622 g/mol. The van der Waals surface area contributed by atoms with Gasteiger partial charge in [0.25, 0.3) is 0 Å². The van der Waals surface area contributed by atoms with E-state index in [4.69, 9.17) is 15.2 Å². The molecule has 11 heteroatoms. The fraction of sp³-hybridized carbons (Fsp3) is 0.529. The van der Waals surface area contributed by atoms with Crippen molar-refractivity contribution in [3.8, 4) is 5.75 Å². The van der Waals surface area contributed by atoms with Gasteiger partial charge in [-0.05, 0) is 54.5 Å². The maximum Gasteiger partial charge on any atom is 0.229 e. The van der Waals surface area contributed by atoms with Crippen LogP contribution in [0, 0.1) is 17.8 Å². The third-order valence-electron chi connectivity index (χ3n) is 9.97. The molecular weight excluding hydrogens is 580 g/mol. The zero-order valence-corrected chi connectivity index (χ0v) is 25.1. The number of Topliss-reactive ketones (excluding diaryl/α,β-unsaturated/α-hetero) is 2. The van der Waals surface area contributed by atoms with Crippen LogP contribution in [0.15, 0.2) is 65.2 Å². The molecule has 11 nitrogen and oxygen atoms in total. The Kier molecular flexibility index (Phi) is 8.91. The van der Waals surface area contributed by atoms with Gasteiger partial charge in [0.05, 0.1) is 29.8 Å². The summed E-state index contributed by atoms with van der Waals surface area (Å²) in [7, 11) is 0. The lowest BCUT2D eigenvalue weighted by molar-refractivity contribution is -0.315. The Morgan fingerprint density at radius 1 is 1.04 bits per heavy atom. The molecule has 0 amide bonds. The van der Waals surface area contributed by atoms with E-state index < -0.39 is 54.4 Å². The highest BCUT2D eigenvalue weighted by atomic mass is 16.7. The Hall–Kier alpha value is -3.48. The molecule has 1 saturated carbocycles. The van der Waals surface area contributed by atoms with E-state index in [1.54, 1.807) is 18.2 Å². The number of dihydropyridines is 1. The first-order valence-corrected chi connectivity index (χ1v) is 15.8. The highest BCUT2D eigenvalue weighted by Crippen LogP contribution is 2.44. The van der Waals surface area contributed by atoms with Crippen molar-refractivity contribution in [3.63, 3.8) is 0 Å². The van der Waals surface area contributed by atoms with Gasteiger partial charge in [-0.1, -0.05) is 56.4 Å². The van der Waals surface area contributed by atoms with Crippen LogP contribution in [0.5, 0.6) is 5.75 Å². The van der Waals surface area contributed by atoms with Crippen molar-refractivity contribution in [2.45, 2.75) is 81.6 Å². The minimum Gasteiger partial charge on any atom is -0.511 e. The first-order valence-electron chi connectivity index (χ1n) is 15.8. The van der Waals surface area contributed by atoms with Crippen LogP contribution >= 0.6 is 0 Å². The predicted molar refractivity (Wildman–Crippen MR) is 163 cm³/mol. The average molecular weight is 623 g/mol. The summed E-state index contributed by atoms with van der Waals surface area (Å²) in [6.07, 6.45) is 7.26. The van der Waals surface area contributed by atoms with Crippen LogP contribution in [0.3, 0.4) is 0 Å². The molecule has 0 radical (unpaired) electrons. The lowest BCUT2D eigenvalue weighted by atomic mass is 9.69. The molecule has 7 atom stereocenters. The molecular formula is C34H42N2O9. The van der Waals surface area contributed by atoms with Crippen molar-refractivity contribution in [2.75, 3.05) is 13.2 Å². The van der Waals surface area contributed by atoms with Crippen LogP contribution < -0.4 is 15.8 Å². The summed E-state index contributed by atoms with van der Waals surface area (Å²) in [4.78, 5) is 27.7. The fourth-order valence-electron chi connectivity index (χ4n) is 7.48. The van der Waals surface area contributed by atoms with Gasteiger partial charge in [0, 0.05) is 12.1 Å². The second kappa shape index (κ2) is 12.7. The normalized spacial score (nSPS) is 33.6. The van der Waals surface area contributed by atoms with E-state index in [2.05, 4.69) is 5.32 Å². The topological polar surface area (TPSA) is 192 Å². The number of fused-ring (bicyclic) bond motifs is 2. The summed E-state index contributed by atoms with van der Waals surface area (Å²) in [6.45, 7) is -0.191. The first kappa shape index (κ1) is 31.5. The number of hydrogen-bond donors (Lipinski definition) is 7. The Morgan fingerprint density at radius 2 is 1.82 bits per heavy atom. The van der Waals surface area contributed by atoms with Gasteiger partial charge in [0.1, 0.15) is 35.4 Å². The number of rotatable bonds is 8. The maximum atomic E-state index is 13.9. The maximum absolute atomic E-state index is 13.9. The Balaban J connectivity index is 1.25. The lowest BCUT2D eigenvalue weighted by Gasteiger charge is -2.48. The molecule has 0 spiro atoms. The summed E-state index contributed by atoms with van der Waals surface area (Å²) in [5, 5.41) is 57.8. The minimum atomic E-state index is -2.16. The number of aliphatic hydroxyl groups excluding tert-OH is 4. The number of aliphatic hydroxyl groups is 5. The van der Waals surface area contributed by atoms with Gasteiger partial charge < -0.3 is 46.1 Å². The van der Waals surface area contributed by atoms with Crippen molar-refractivity contribution in [1.82, 2.24) is 5.32 Å². The van der Waals surface area contributed by atoms with E-state index in [0.29, 0.717) is 18.3 Å². The Labute approximate surface area is 261 Å². The number of nitrogens with one attached hydrogen (secondary N) is 1. The van der Waals surface area contributed by atoms with Gasteiger partial charge in [0.2, 0.25) is 6.29 Å². The Bertz CT molecular complexity index is 1460. The smallest absolute Gasteiger partial charge is 0.229 e. The molecule has 6 rings (SSSR count). The SMILES string of the molecule is NC1=CC(CCC2(O)C(O)C(CO)OC(Oc3cccc4c3C(=O)C3C(O)=CC(CC5CCCCC5)=CC3C4=O)C2O)=CCN1. The molecule has 7 unspecified atom stereocenters. The number of ether oxygens (including phenoxy) is 2. The highest BCUT2D eigenvalue weighted by Gasteiger charge is 2.56. The molecule has 0 aromatic heterocycles. The van der Waals surface area contributed by atoms with Gasteiger partial charge in [-0.3, -0.25) is 9.59 Å². The van der Waals surface area contributed by atoms with E-state index in [1.165, 1.54) is 31.4 Å². The number of ketones is 2. The molecule has 2 heterocycles. The average Bonchev–Trinajstić information content (AvgIpc) is 3.03. The van der Waals surface area contributed by atoms with Crippen LogP contribution in [0.25, 0.3) is 0 Å². The Morgan fingerprint density at radius 3 is 2.56 bits per heavy atom. The number of benzene rings is 1. The van der Waals surface area contributed by atoms with Gasteiger partial charge in [-0.15, -0.1) is 0 Å². The molecule has 2 aliphatic heterocycles. The standard InChI is InChI=1S/C34H42N2O9/c35-26-16-19(10-12-36-26)9-11-34(43)31(41)25(17-37)45-33(32(34)42)44-24-8-4-7-21-28(24)30(40)27-22(29(21)39)14-20(15-23(27)38)13-18-5-2-1-3-6-18/h4,7-8,10,14-16,18,22,25,27,31-33,36-38,41-43H,1-3,5-6,9,11-13,17,35H2. The molecule has 5 aliphatic rings. The third kappa shape index (κ3) is 5.95. The number of hydrogen-bond acceptors (Lipinski definition) is 11. The van der Waals surface area contributed by atoms with Crippen molar-refractivity contribution in [1.29, 1.82) is 0 Å². The predicted octanol–water partition coefficient (Wildman–Crippen LogP) is 2.31. The largest absolute Gasteiger partial charge is 0.511 e. The number of allylic oxidation sites excluding steroid dienone is 6. The molecule has 3 aliphatic carbocycles. The lowest BCUT2D eigenvalue weighted by Crippen LogP contribution is -2.68. The van der Waals surface area contributed by atoms with E-state index in [-0.39, 0.29) is 41.3 Å². The zero-order chi connectivity index (χ0) is 31.9. The van der Waals surface area contributed by atoms with Crippen molar-refractivity contribution < 1.29 is 44.6 Å². The van der Waals surface area contributed by atoms with E-state index >= 15 is 0 Å². The second-order valence-electron chi connectivity index (χ2n) is 12.9. The summed E-state index contributed by atoms with van der Waals surface area (Å²) in [5.41, 5.74) is 5.41. The summed E-state index contributed by atoms with van der Waals surface area (Å²) in [6, 6.07) is 4.52. The quantitative estimate of drug-likeness (QED) is 0.225. The van der Waals surface area contributed by atoms with Crippen molar-refractivity contribution in [3.05, 3.63) is 76.4 Å². The molecule has 1 aromatic rings. The number of carbonyl (C=O) groups excluding carboxylic acids is 2. The molecule has 1 saturated heterocycles. The van der Waals surface area contributed by atoms with Gasteiger partial charge in [-0.2, -0.15) is 0 Å². The molecule has 1 aromatic carbocycles. The summed E-state index contributed by atoms with van der Waals surface area (Å²) >= 11 is 0. The van der Waals surface area contributed by atoms with E-state index in [1.807, 2.05) is 12.2 Å². The van der Waals surface area contributed by atoms with Gasteiger partial charge in [-0.25, -0.2) is 0 Å². The minimum absolute atomic E-state index is 0.0562. The van der Waals surface area contributed by atoms with Crippen LogP contribution in [-0.2, 0) is 4.74 Å².